The Morgan fingerprint density at radius 3 is 2.53 bits per heavy atom. The minimum atomic E-state index is -1.59. The van der Waals surface area contributed by atoms with E-state index in [0.29, 0.717) is 11.1 Å². The van der Waals surface area contributed by atoms with Crippen LogP contribution in [0.3, 0.4) is 0 Å². The summed E-state index contributed by atoms with van der Waals surface area (Å²) < 4.78 is 15.9. The molecule has 1 fully saturated rings. The molecule has 1 saturated heterocycles. The maximum Gasteiger partial charge on any atom is 0.331 e. The van der Waals surface area contributed by atoms with E-state index in [0.717, 1.165) is 6.08 Å². The fourth-order valence-electron chi connectivity index (χ4n) is 2.75. The molecule has 0 bridgehead atoms. The first-order valence-corrected chi connectivity index (χ1v) is 9.18. The van der Waals surface area contributed by atoms with E-state index in [-0.39, 0.29) is 24.7 Å². The third-order valence-corrected chi connectivity index (χ3v) is 4.40. The highest BCUT2D eigenvalue weighted by atomic mass is 16.7. The lowest BCUT2D eigenvalue weighted by atomic mass is 9.99. The summed E-state index contributed by atoms with van der Waals surface area (Å²) >= 11 is 0. The summed E-state index contributed by atoms with van der Waals surface area (Å²) in [6.07, 6.45) is -3.09. The average Bonchev–Trinajstić information content (AvgIpc) is 2.72. The van der Waals surface area contributed by atoms with Gasteiger partial charge < -0.3 is 44.8 Å². The monoisotopic (exact) mass is 426 g/mol. The number of carbonyl (C=O) groups excluding carboxylic acids is 1. The van der Waals surface area contributed by atoms with E-state index in [1.807, 2.05) is 0 Å². The van der Waals surface area contributed by atoms with Crippen LogP contribution in [0.1, 0.15) is 12.5 Å². The molecule has 0 spiro atoms. The van der Waals surface area contributed by atoms with E-state index in [4.69, 9.17) is 19.3 Å². The zero-order valence-electron chi connectivity index (χ0n) is 16.3. The summed E-state index contributed by atoms with van der Waals surface area (Å²) in [5.74, 6) is -1.56. The molecule has 30 heavy (non-hydrogen) atoms. The number of esters is 1. The zero-order chi connectivity index (χ0) is 22.3. The molecule has 5 atom stereocenters. The summed E-state index contributed by atoms with van der Waals surface area (Å²) in [5.41, 5.74) is 1.07. The molecule has 0 aliphatic carbocycles. The number of phenols is 2. The van der Waals surface area contributed by atoms with E-state index >= 15 is 0 Å². The van der Waals surface area contributed by atoms with Crippen molar-refractivity contribution in [3.8, 4) is 11.5 Å². The fraction of sp³-hybridized carbons (Fsp3) is 0.450. The molecule has 1 aromatic rings. The molecule has 0 saturated carbocycles. The van der Waals surface area contributed by atoms with Crippen LogP contribution in [0.4, 0.5) is 0 Å². The molecule has 1 aliphatic heterocycles. The Morgan fingerprint density at radius 1 is 1.17 bits per heavy atom. The Morgan fingerprint density at radius 2 is 1.90 bits per heavy atom. The summed E-state index contributed by atoms with van der Waals surface area (Å²) in [5, 5.41) is 57.7. The molecule has 2 rings (SSSR count). The van der Waals surface area contributed by atoms with E-state index in [9.17, 15) is 30.3 Å². The van der Waals surface area contributed by atoms with Crippen LogP contribution in [0.2, 0.25) is 0 Å². The number of rotatable bonds is 8. The first-order chi connectivity index (χ1) is 14.3. The van der Waals surface area contributed by atoms with Crippen molar-refractivity contribution in [2.24, 2.45) is 0 Å². The fourth-order valence-corrected chi connectivity index (χ4v) is 2.75. The van der Waals surface area contributed by atoms with Gasteiger partial charge in [-0.05, 0) is 36.3 Å². The van der Waals surface area contributed by atoms with Crippen molar-refractivity contribution in [3.05, 3.63) is 41.5 Å². The first-order valence-electron chi connectivity index (χ1n) is 9.18. The third-order valence-electron chi connectivity index (χ3n) is 4.40. The summed E-state index contributed by atoms with van der Waals surface area (Å²) in [6, 6.07) is 3.93. The summed E-state index contributed by atoms with van der Waals surface area (Å²) in [4.78, 5) is 12.1. The quantitative estimate of drug-likeness (QED) is 0.137. The van der Waals surface area contributed by atoms with Crippen molar-refractivity contribution in [3.63, 3.8) is 0 Å². The van der Waals surface area contributed by atoms with Crippen molar-refractivity contribution >= 4 is 12.0 Å². The lowest BCUT2D eigenvalue weighted by Crippen LogP contribution is -2.60. The van der Waals surface area contributed by atoms with Crippen molar-refractivity contribution in [2.75, 3.05) is 19.8 Å². The van der Waals surface area contributed by atoms with Crippen LogP contribution in [-0.2, 0) is 19.0 Å². The molecule has 10 heteroatoms. The Hall–Kier alpha value is -2.47. The van der Waals surface area contributed by atoms with Gasteiger partial charge in [-0.15, -0.1) is 0 Å². The standard InChI is InChI=1S/C20H26O10/c1-11(6-7-21)10-28-20-18(27)17(26)19(15(9-22)29-20)30-16(25)5-3-12-2-4-13(23)14(24)8-12/h2-6,8,15,17-24,26-27H,7,9-10H2,1H3/b5-3+,11-6+/t15-,17-,18-,19-,20-/m1/s1. The Balaban J connectivity index is 2.00. The predicted molar refractivity (Wildman–Crippen MR) is 103 cm³/mol. The van der Waals surface area contributed by atoms with Crippen LogP contribution < -0.4 is 0 Å². The number of hydrogen-bond donors (Lipinski definition) is 6. The predicted octanol–water partition coefficient (Wildman–Crippen LogP) is -0.583. The topological polar surface area (TPSA) is 166 Å². The largest absolute Gasteiger partial charge is 0.504 e. The number of ether oxygens (including phenoxy) is 3. The Labute approximate surface area is 172 Å². The summed E-state index contributed by atoms with van der Waals surface area (Å²) in [6.45, 7) is 0.916. The minimum absolute atomic E-state index is 0.0137. The molecule has 10 nitrogen and oxygen atoms in total. The first kappa shape index (κ1) is 23.8. The van der Waals surface area contributed by atoms with Crippen LogP contribution in [-0.4, -0.2) is 87.1 Å². The maximum atomic E-state index is 12.1. The lowest BCUT2D eigenvalue weighted by Gasteiger charge is -2.41. The molecule has 0 aromatic heterocycles. The minimum Gasteiger partial charge on any atom is -0.504 e. The molecule has 1 aliphatic rings. The number of aliphatic hydroxyl groups excluding tert-OH is 4. The van der Waals surface area contributed by atoms with Crippen molar-refractivity contribution in [2.45, 2.75) is 37.6 Å². The van der Waals surface area contributed by atoms with E-state index in [2.05, 4.69) is 0 Å². The van der Waals surface area contributed by atoms with Gasteiger partial charge in [0.05, 0.1) is 19.8 Å². The van der Waals surface area contributed by atoms with Gasteiger partial charge in [0.2, 0.25) is 0 Å². The third kappa shape index (κ3) is 6.26. The highest BCUT2D eigenvalue weighted by molar-refractivity contribution is 5.87. The maximum absolute atomic E-state index is 12.1. The zero-order valence-corrected chi connectivity index (χ0v) is 16.3. The van der Waals surface area contributed by atoms with Crippen LogP contribution >= 0.6 is 0 Å². The normalized spacial score (nSPS) is 27.4. The van der Waals surface area contributed by atoms with Gasteiger partial charge in [-0.25, -0.2) is 4.79 Å². The number of benzene rings is 1. The highest BCUT2D eigenvalue weighted by Crippen LogP contribution is 2.26. The molecule has 0 unspecified atom stereocenters. The Kier molecular flexibility index (Phi) is 8.78. The molecule has 1 heterocycles. The van der Waals surface area contributed by atoms with E-state index in [1.165, 1.54) is 30.4 Å². The number of phenolic OH excluding ortho intramolecular Hbond substituents is 2. The molecule has 0 amide bonds. The van der Waals surface area contributed by atoms with Gasteiger partial charge in [-0.1, -0.05) is 12.1 Å². The van der Waals surface area contributed by atoms with Gasteiger partial charge in [0.25, 0.3) is 0 Å². The number of aliphatic hydroxyl groups is 4. The summed E-state index contributed by atoms with van der Waals surface area (Å²) in [7, 11) is 0. The lowest BCUT2D eigenvalue weighted by molar-refractivity contribution is -0.300. The van der Waals surface area contributed by atoms with Crippen LogP contribution in [0, 0.1) is 0 Å². The smallest absolute Gasteiger partial charge is 0.331 e. The van der Waals surface area contributed by atoms with E-state index in [1.54, 1.807) is 6.92 Å². The molecular weight excluding hydrogens is 400 g/mol. The molecule has 1 aromatic carbocycles. The second-order valence-electron chi connectivity index (χ2n) is 6.73. The molecule has 6 N–H and O–H groups in total. The van der Waals surface area contributed by atoms with Crippen LogP contribution in [0.15, 0.2) is 35.9 Å². The molecular formula is C20H26O10. The molecule has 166 valence electrons. The SMILES string of the molecule is C/C(=C\CO)CO[C@@H]1O[C@H](CO)[C@@H](OC(=O)/C=C/c2ccc(O)c(O)c2)[C@H](O)[C@H]1O. The number of aromatic hydroxyl groups is 2. The Bertz CT molecular complexity index is 773. The number of carbonyl (C=O) groups is 1. The molecule has 0 radical (unpaired) electrons. The van der Waals surface area contributed by atoms with Crippen LogP contribution in [0.25, 0.3) is 6.08 Å². The van der Waals surface area contributed by atoms with Crippen molar-refractivity contribution in [1.82, 2.24) is 0 Å². The van der Waals surface area contributed by atoms with Gasteiger partial charge in [-0.2, -0.15) is 0 Å². The highest BCUT2D eigenvalue weighted by Gasteiger charge is 2.46. The van der Waals surface area contributed by atoms with Gasteiger partial charge in [0, 0.05) is 6.08 Å². The van der Waals surface area contributed by atoms with Gasteiger partial charge in [0.1, 0.15) is 18.3 Å². The number of hydrogen-bond acceptors (Lipinski definition) is 10. The van der Waals surface area contributed by atoms with Gasteiger partial charge in [0.15, 0.2) is 23.9 Å². The van der Waals surface area contributed by atoms with Crippen LogP contribution in [0.5, 0.6) is 11.5 Å². The second-order valence-corrected chi connectivity index (χ2v) is 6.73. The van der Waals surface area contributed by atoms with E-state index < -0.39 is 43.3 Å². The average molecular weight is 426 g/mol. The van der Waals surface area contributed by atoms with Crippen molar-refractivity contribution in [1.29, 1.82) is 0 Å². The van der Waals surface area contributed by atoms with Gasteiger partial charge >= 0.3 is 5.97 Å². The second kappa shape index (κ2) is 11.1. The van der Waals surface area contributed by atoms with Crippen molar-refractivity contribution < 1.29 is 49.6 Å². The van der Waals surface area contributed by atoms with Gasteiger partial charge in [-0.3, -0.25) is 0 Å².